The van der Waals surface area contributed by atoms with E-state index in [0.29, 0.717) is 36.4 Å². The number of fused-ring (bicyclic) bond motifs is 1. The maximum atomic E-state index is 12.5. The molecule has 184 valence electrons. The van der Waals surface area contributed by atoms with Gasteiger partial charge in [0.15, 0.2) is 5.65 Å². The smallest absolute Gasteiger partial charge is 0.330 e. The van der Waals surface area contributed by atoms with Crippen molar-refractivity contribution in [1.82, 2.24) is 19.5 Å². The molecule has 2 N–H and O–H groups in total. The molecule has 0 saturated carbocycles. The van der Waals surface area contributed by atoms with E-state index in [1.165, 1.54) is 10.1 Å². The quantitative estimate of drug-likeness (QED) is 0.229. The number of imidazole rings is 1. The first kappa shape index (κ1) is 24.6. The van der Waals surface area contributed by atoms with Crippen molar-refractivity contribution in [2.24, 2.45) is 0 Å². The Morgan fingerprint density at radius 1 is 0.857 bits per heavy atom. The third-order valence-electron chi connectivity index (χ3n) is 5.84. The highest BCUT2D eigenvalue weighted by Crippen LogP contribution is 2.15. The molecule has 2 aromatic carbocycles. The molecule has 0 bridgehead atoms. The topological polar surface area (TPSA) is 133 Å². The van der Waals surface area contributed by atoms with Crippen LogP contribution in [0, 0.1) is 0 Å². The van der Waals surface area contributed by atoms with Crippen LogP contribution in [0.4, 0.5) is 0 Å². The van der Waals surface area contributed by atoms with Gasteiger partial charge in [-0.15, -0.1) is 0 Å². The fourth-order valence-electron chi connectivity index (χ4n) is 4.07. The van der Waals surface area contributed by atoms with E-state index in [0.717, 1.165) is 37.7 Å². The van der Waals surface area contributed by atoms with Gasteiger partial charge in [0.05, 0.1) is 0 Å². The molecule has 10 heteroatoms. The van der Waals surface area contributed by atoms with Crippen molar-refractivity contribution < 1.29 is 12.9 Å². The zero-order valence-electron chi connectivity index (χ0n) is 19.2. The first-order valence-corrected chi connectivity index (χ1v) is 12.6. The Morgan fingerprint density at radius 3 is 2.23 bits per heavy atom. The molecular weight excluding hydrogens is 468 g/mol. The number of H-pyrrole nitrogens is 2. The van der Waals surface area contributed by atoms with Crippen LogP contribution in [0.1, 0.15) is 42.6 Å². The highest BCUT2D eigenvalue weighted by atomic mass is 32.2. The van der Waals surface area contributed by atoms with Crippen LogP contribution >= 0.6 is 0 Å². The molecule has 2 heterocycles. The average Bonchev–Trinajstić information content (AvgIpc) is 3.27. The fourth-order valence-corrected chi connectivity index (χ4v) is 4.34. The fraction of sp³-hybridized carbons (Fsp3) is 0.320. The Morgan fingerprint density at radius 2 is 1.51 bits per heavy atom. The summed E-state index contributed by atoms with van der Waals surface area (Å²) < 4.78 is 27.3. The molecule has 0 fully saturated rings. The Labute approximate surface area is 204 Å². The Bertz CT molecular complexity index is 1390. The van der Waals surface area contributed by atoms with Gasteiger partial charge in [-0.1, -0.05) is 42.5 Å². The predicted molar refractivity (Wildman–Crippen MR) is 133 cm³/mol. The van der Waals surface area contributed by atoms with Gasteiger partial charge >= 0.3 is 5.69 Å². The van der Waals surface area contributed by atoms with Crippen molar-refractivity contribution in [2.75, 3.05) is 0 Å². The number of unbranched alkanes of at least 4 members (excludes halogenated alkanes) is 2. The summed E-state index contributed by atoms with van der Waals surface area (Å²) in [7, 11) is 0. The largest absolute Gasteiger partial charge is 0.740 e. The van der Waals surface area contributed by atoms with E-state index in [1.807, 2.05) is 30.3 Å². The van der Waals surface area contributed by atoms with E-state index < -0.39 is 22.6 Å². The van der Waals surface area contributed by atoms with E-state index in [9.17, 15) is 18.4 Å². The number of rotatable bonds is 12. The van der Waals surface area contributed by atoms with Gasteiger partial charge < -0.3 is 13.7 Å². The number of hydrogen-bond donors (Lipinski definition) is 2. The predicted octanol–water partition coefficient (Wildman–Crippen LogP) is 3.17. The Hall–Kier alpha value is -3.50. The number of aromatic amines is 2. The first-order chi connectivity index (χ1) is 17.0. The van der Waals surface area contributed by atoms with E-state index in [-0.39, 0.29) is 5.75 Å². The zero-order valence-corrected chi connectivity index (χ0v) is 20.0. The van der Waals surface area contributed by atoms with Crippen molar-refractivity contribution in [1.29, 1.82) is 0 Å². The summed E-state index contributed by atoms with van der Waals surface area (Å²) in [5, 5.41) is 0. The summed E-state index contributed by atoms with van der Waals surface area (Å²) in [6.45, 7) is 0.431. The molecule has 1 unspecified atom stereocenters. The summed E-state index contributed by atoms with van der Waals surface area (Å²) in [4.78, 5) is 34.8. The molecule has 0 saturated heterocycles. The van der Waals surface area contributed by atoms with Gasteiger partial charge in [-0.2, -0.15) is 0 Å². The van der Waals surface area contributed by atoms with Gasteiger partial charge in [0, 0.05) is 13.0 Å². The van der Waals surface area contributed by atoms with Crippen LogP contribution in [0.25, 0.3) is 11.2 Å². The zero-order chi connectivity index (χ0) is 24.6. The number of nitrogens with zero attached hydrogens (tertiary/aromatic N) is 2. The number of benzene rings is 2. The standard InChI is InChI=1S/C25H28N4O5S/c30-24-22-23(27-21(26-22)12-5-4-10-18-8-2-1-3-9-18)29(25(31)28-24)17-7-6-11-19-13-15-20(16-14-19)34-35(32)33/h1-3,8-9,13-16H,4-7,10-12,17H2,(H,26,27)(H,32,33)(H,28,30,31)/p-1. The molecule has 0 aliphatic heterocycles. The molecule has 4 rings (SSSR count). The number of aryl methyl sites for hydroxylation is 4. The van der Waals surface area contributed by atoms with Gasteiger partial charge in [0.25, 0.3) is 5.56 Å². The second-order valence-electron chi connectivity index (χ2n) is 8.37. The van der Waals surface area contributed by atoms with Crippen molar-refractivity contribution in [2.45, 2.75) is 51.5 Å². The second kappa shape index (κ2) is 11.8. The van der Waals surface area contributed by atoms with Gasteiger partial charge in [-0.3, -0.25) is 14.3 Å². The number of hydrogen-bond acceptors (Lipinski definition) is 6. The molecule has 1 atom stereocenters. The van der Waals surface area contributed by atoms with Crippen LogP contribution in [-0.2, 0) is 37.2 Å². The van der Waals surface area contributed by atoms with Crippen LogP contribution in [0.2, 0.25) is 0 Å². The van der Waals surface area contributed by atoms with Crippen molar-refractivity contribution in [3.05, 3.63) is 92.4 Å². The Kier molecular flexibility index (Phi) is 8.27. The maximum absolute atomic E-state index is 12.5. The van der Waals surface area contributed by atoms with Crippen LogP contribution in [-0.4, -0.2) is 28.3 Å². The number of aromatic nitrogens is 4. The SMILES string of the molecule is O=c1[nH]c(=O)n(CCCCc2ccc(OS(=O)[O-])cc2)c2nc(CCCCc3ccccc3)[nH]c12. The molecular formula is C25H27N4O5S-. The third kappa shape index (κ3) is 6.77. The van der Waals surface area contributed by atoms with Crippen molar-refractivity contribution >= 4 is 22.5 Å². The lowest BCUT2D eigenvalue weighted by Gasteiger charge is -2.08. The molecule has 0 aliphatic rings. The van der Waals surface area contributed by atoms with E-state index >= 15 is 0 Å². The lowest BCUT2D eigenvalue weighted by molar-refractivity contribution is 0.440. The first-order valence-electron chi connectivity index (χ1n) is 11.6. The molecule has 0 aliphatic carbocycles. The molecule has 0 amide bonds. The van der Waals surface area contributed by atoms with E-state index in [1.54, 1.807) is 12.1 Å². The van der Waals surface area contributed by atoms with Crippen LogP contribution in [0.15, 0.2) is 64.2 Å². The minimum absolute atomic E-state index is 0.263. The van der Waals surface area contributed by atoms with Gasteiger partial charge in [-0.25, -0.2) is 14.0 Å². The molecule has 4 aromatic rings. The summed E-state index contributed by atoms with van der Waals surface area (Å²) in [5.74, 6) is 0.970. The second-order valence-corrected chi connectivity index (χ2v) is 8.95. The number of nitrogens with one attached hydrogen (secondary N) is 2. The molecule has 35 heavy (non-hydrogen) atoms. The maximum Gasteiger partial charge on any atom is 0.330 e. The van der Waals surface area contributed by atoms with Gasteiger partial charge in [0.1, 0.15) is 28.5 Å². The van der Waals surface area contributed by atoms with Crippen LogP contribution < -0.4 is 15.4 Å². The van der Waals surface area contributed by atoms with E-state index in [4.69, 9.17) is 0 Å². The normalized spacial score (nSPS) is 12.1. The van der Waals surface area contributed by atoms with Crippen molar-refractivity contribution in [3.8, 4) is 5.75 Å². The molecule has 0 spiro atoms. The van der Waals surface area contributed by atoms with Gasteiger partial charge in [0.2, 0.25) is 0 Å². The van der Waals surface area contributed by atoms with E-state index in [2.05, 4.69) is 31.3 Å². The third-order valence-corrected chi connectivity index (χ3v) is 6.17. The monoisotopic (exact) mass is 495 g/mol. The van der Waals surface area contributed by atoms with Gasteiger partial charge in [-0.05, 0) is 61.8 Å². The Balaban J connectivity index is 1.34. The molecule has 9 nitrogen and oxygen atoms in total. The highest BCUT2D eigenvalue weighted by Gasteiger charge is 2.13. The lowest BCUT2D eigenvalue weighted by atomic mass is 10.1. The summed E-state index contributed by atoms with van der Waals surface area (Å²) >= 11 is -2.59. The summed E-state index contributed by atoms with van der Waals surface area (Å²) in [6, 6.07) is 17.1. The van der Waals surface area contributed by atoms with Crippen LogP contribution in [0.5, 0.6) is 5.75 Å². The highest BCUT2D eigenvalue weighted by molar-refractivity contribution is 7.74. The minimum Gasteiger partial charge on any atom is -0.740 e. The molecule has 0 radical (unpaired) electrons. The molecule has 2 aromatic heterocycles. The average molecular weight is 496 g/mol. The van der Waals surface area contributed by atoms with Crippen LogP contribution in [0.3, 0.4) is 0 Å². The lowest BCUT2D eigenvalue weighted by Crippen LogP contribution is -2.30. The minimum atomic E-state index is -2.59. The summed E-state index contributed by atoms with van der Waals surface area (Å²) in [5.41, 5.74) is 2.14. The summed E-state index contributed by atoms with van der Waals surface area (Å²) in [6.07, 6.45) is 5.89. The van der Waals surface area contributed by atoms with Crippen molar-refractivity contribution in [3.63, 3.8) is 0 Å².